The van der Waals surface area contributed by atoms with Gasteiger partial charge in [-0.15, -0.1) is 10.2 Å². The number of carbonyl (C=O) groups is 1. The minimum atomic E-state index is -0.335. The number of anilines is 1. The molecule has 1 amide bonds. The van der Waals surface area contributed by atoms with Crippen LogP contribution in [0.15, 0.2) is 24.5 Å². The predicted octanol–water partition coefficient (Wildman–Crippen LogP) is 3.32. The first-order chi connectivity index (χ1) is 13.9. The van der Waals surface area contributed by atoms with Crippen LogP contribution in [0.3, 0.4) is 0 Å². The van der Waals surface area contributed by atoms with E-state index in [0.717, 1.165) is 23.7 Å². The molecule has 0 aromatic carbocycles. The van der Waals surface area contributed by atoms with E-state index in [2.05, 4.69) is 30.4 Å². The largest absolute Gasteiger partial charge is 0.494 e. The van der Waals surface area contributed by atoms with Crippen LogP contribution < -0.4 is 10.1 Å². The number of hydrogen-bond donors (Lipinski definition) is 1. The van der Waals surface area contributed by atoms with Crippen molar-refractivity contribution in [2.45, 2.75) is 13.3 Å². The van der Waals surface area contributed by atoms with E-state index in [4.69, 9.17) is 16.3 Å². The van der Waals surface area contributed by atoms with Crippen molar-refractivity contribution < 1.29 is 9.53 Å². The summed E-state index contributed by atoms with van der Waals surface area (Å²) < 4.78 is 5.40. The molecule has 0 aliphatic rings. The number of likely N-dealkylation sites (N-methyl/N-ethyl adjacent to an activating group) is 1. The molecule has 0 bridgehead atoms. The molecule has 3 aromatic rings. The highest BCUT2D eigenvalue weighted by Crippen LogP contribution is 2.34. The number of hydrogen-bond acceptors (Lipinski definition) is 8. The number of amides is 1. The molecule has 0 saturated carbocycles. The summed E-state index contributed by atoms with van der Waals surface area (Å²) in [6.45, 7) is 2.71. The zero-order chi connectivity index (χ0) is 21.0. The van der Waals surface area contributed by atoms with Crippen molar-refractivity contribution >= 4 is 34.0 Å². The Hall–Kier alpha value is -2.62. The van der Waals surface area contributed by atoms with Gasteiger partial charge in [0.05, 0.1) is 18.9 Å². The number of nitrogens with one attached hydrogen (secondary N) is 1. The number of aromatic nitrogens is 4. The summed E-state index contributed by atoms with van der Waals surface area (Å²) in [6.07, 6.45) is 3.82. The number of ether oxygens (including phenoxy) is 1. The molecule has 0 fully saturated rings. The Balaban J connectivity index is 1.90. The lowest BCUT2D eigenvalue weighted by molar-refractivity contribution is 0.102. The van der Waals surface area contributed by atoms with Gasteiger partial charge in [-0.25, -0.2) is 4.98 Å². The minimum Gasteiger partial charge on any atom is -0.494 e. The van der Waals surface area contributed by atoms with Crippen molar-refractivity contribution in [3.8, 4) is 16.9 Å². The number of carbonyl (C=O) groups excluding carboxylic acids is 1. The fourth-order valence-corrected chi connectivity index (χ4v) is 3.52. The second-order valence-corrected chi connectivity index (χ2v) is 8.04. The van der Waals surface area contributed by atoms with Crippen LogP contribution in [0.1, 0.15) is 21.1 Å². The quantitative estimate of drug-likeness (QED) is 0.572. The number of aryl methyl sites for hydroxylation is 1. The molecule has 3 heterocycles. The van der Waals surface area contributed by atoms with Crippen LogP contribution in [0.4, 0.5) is 5.13 Å². The fourth-order valence-electron chi connectivity index (χ4n) is 2.64. The molecular weight excluding hydrogens is 412 g/mol. The summed E-state index contributed by atoms with van der Waals surface area (Å²) in [7, 11) is 5.53. The minimum absolute atomic E-state index is 0.302. The lowest BCUT2D eigenvalue weighted by Crippen LogP contribution is -2.14. The lowest BCUT2D eigenvalue weighted by atomic mass is 10.0. The van der Waals surface area contributed by atoms with Crippen LogP contribution in [0.5, 0.6) is 5.75 Å². The first-order valence-electron chi connectivity index (χ1n) is 8.82. The van der Waals surface area contributed by atoms with E-state index in [1.807, 2.05) is 27.1 Å². The van der Waals surface area contributed by atoms with Crippen molar-refractivity contribution in [2.75, 3.05) is 33.1 Å². The van der Waals surface area contributed by atoms with Crippen LogP contribution >= 0.6 is 22.9 Å². The molecule has 3 aromatic heterocycles. The summed E-state index contributed by atoms with van der Waals surface area (Å²) in [5.41, 5.74) is 2.44. The topological polar surface area (TPSA) is 93.1 Å². The maximum atomic E-state index is 13.0. The Bertz CT molecular complexity index is 1020. The number of methoxy groups -OCH3 is 1. The highest BCUT2D eigenvalue weighted by molar-refractivity contribution is 7.15. The normalized spacial score (nSPS) is 11.0. The molecular formula is C19H21ClN6O2S. The second-order valence-electron chi connectivity index (χ2n) is 6.59. The first-order valence-corrected chi connectivity index (χ1v) is 10.0. The molecule has 0 saturated heterocycles. The first kappa shape index (κ1) is 21.1. The van der Waals surface area contributed by atoms with Crippen molar-refractivity contribution in [3.63, 3.8) is 0 Å². The molecule has 0 aliphatic carbocycles. The Labute approximate surface area is 177 Å². The van der Waals surface area contributed by atoms with Crippen molar-refractivity contribution in [1.82, 2.24) is 25.1 Å². The molecule has 0 unspecified atom stereocenters. The number of pyridine rings is 2. The maximum Gasteiger partial charge on any atom is 0.259 e. The summed E-state index contributed by atoms with van der Waals surface area (Å²) >= 11 is 7.43. The monoisotopic (exact) mass is 432 g/mol. The Morgan fingerprint density at radius 3 is 2.72 bits per heavy atom. The standard InChI is InChI=1S/C19H21ClN6O2S/c1-11-7-12(13-8-16(20)22-10-15(13)28-4)14(9-21-11)18(27)23-19-25-24-17(29-19)5-6-26(2)3/h7-10H,5-6H2,1-4H3,(H,23,25,27). The van der Waals surface area contributed by atoms with Gasteiger partial charge in [0.1, 0.15) is 15.9 Å². The number of nitrogens with zero attached hydrogens (tertiary/aromatic N) is 5. The van der Waals surface area contributed by atoms with Crippen LogP contribution in [0.2, 0.25) is 5.15 Å². The molecule has 3 rings (SSSR count). The molecule has 0 atom stereocenters. The van der Waals surface area contributed by atoms with E-state index in [-0.39, 0.29) is 5.91 Å². The smallest absolute Gasteiger partial charge is 0.259 e. The molecule has 0 radical (unpaired) electrons. The Morgan fingerprint density at radius 1 is 1.21 bits per heavy atom. The maximum absolute atomic E-state index is 13.0. The highest BCUT2D eigenvalue weighted by Gasteiger charge is 2.19. The number of halogens is 1. The van der Waals surface area contributed by atoms with Crippen molar-refractivity contribution in [1.29, 1.82) is 0 Å². The molecule has 1 N–H and O–H groups in total. The van der Waals surface area contributed by atoms with Crippen molar-refractivity contribution in [2.24, 2.45) is 0 Å². The average Bonchev–Trinajstić information content (AvgIpc) is 3.13. The van der Waals surface area contributed by atoms with E-state index in [9.17, 15) is 4.79 Å². The van der Waals surface area contributed by atoms with E-state index < -0.39 is 0 Å². The van der Waals surface area contributed by atoms with Gasteiger partial charge in [0.15, 0.2) is 0 Å². The fraction of sp³-hybridized carbons (Fsp3) is 0.316. The van der Waals surface area contributed by atoms with Gasteiger partial charge >= 0.3 is 0 Å². The predicted molar refractivity (Wildman–Crippen MR) is 114 cm³/mol. The van der Waals surface area contributed by atoms with Crippen LogP contribution in [0.25, 0.3) is 11.1 Å². The SMILES string of the molecule is COc1cnc(Cl)cc1-c1cc(C)ncc1C(=O)Nc1nnc(CCN(C)C)s1. The zero-order valence-electron chi connectivity index (χ0n) is 16.6. The van der Waals surface area contributed by atoms with E-state index in [1.165, 1.54) is 23.7 Å². The molecule has 0 aliphatic heterocycles. The van der Waals surface area contributed by atoms with Gasteiger partial charge in [0, 0.05) is 36.0 Å². The van der Waals surface area contributed by atoms with Gasteiger partial charge in [0.2, 0.25) is 5.13 Å². The number of rotatable bonds is 7. The van der Waals surface area contributed by atoms with Gasteiger partial charge < -0.3 is 9.64 Å². The molecule has 152 valence electrons. The van der Waals surface area contributed by atoms with E-state index >= 15 is 0 Å². The van der Waals surface area contributed by atoms with Gasteiger partial charge in [-0.1, -0.05) is 22.9 Å². The average molecular weight is 433 g/mol. The third kappa shape index (κ3) is 5.26. The Kier molecular flexibility index (Phi) is 6.73. The van der Waals surface area contributed by atoms with Gasteiger partial charge in [-0.05, 0) is 33.2 Å². The summed E-state index contributed by atoms with van der Waals surface area (Å²) in [6, 6.07) is 3.47. The van der Waals surface area contributed by atoms with Gasteiger partial charge in [-0.3, -0.25) is 15.1 Å². The Morgan fingerprint density at radius 2 is 2.00 bits per heavy atom. The van der Waals surface area contributed by atoms with Gasteiger partial charge in [-0.2, -0.15) is 0 Å². The zero-order valence-corrected chi connectivity index (χ0v) is 18.1. The second kappa shape index (κ2) is 9.25. The molecule has 10 heteroatoms. The van der Waals surface area contributed by atoms with Crippen LogP contribution in [-0.4, -0.2) is 58.7 Å². The highest BCUT2D eigenvalue weighted by atomic mass is 35.5. The van der Waals surface area contributed by atoms with E-state index in [0.29, 0.717) is 32.7 Å². The summed E-state index contributed by atoms with van der Waals surface area (Å²) in [5.74, 6) is 0.175. The van der Waals surface area contributed by atoms with E-state index in [1.54, 1.807) is 13.2 Å². The van der Waals surface area contributed by atoms with Crippen LogP contribution in [-0.2, 0) is 6.42 Å². The molecule has 0 spiro atoms. The van der Waals surface area contributed by atoms with Crippen molar-refractivity contribution in [3.05, 3.63) is 45.9 Å². The molecule has 8 nitrogen and oxygen atoms in total. The third-order valence-corrected chi connectivity index (χ3v) is 5.19. The van der Waals surface area contributed by atoms with Gasteiger partial charge in [0.25, 0.3) is 5.91 Å². The summed E-state index contributed by atoms with van der Waals surface area (Å²) in [4.78, 5) is 23.3. The molecule has 29 heavy (non-hydrogen) atoms. The summed E-state index contributed by atoms with van der Waals surface area (Å²) in [5, 5.41) is 12.6. The third-order valence-electron chi connectivity index (χ3n) is 4.09. The van der Waals surface area contributed by atoms with Crippen LogP contribution in [0, 0.1) is 6.92 Å². The lowest BCUT2D eigenvalue weighted by Gasteiger charge is -2.13.